The van der Waals surface area contributed by atoms with Gasteiger partial charge in [-0.1, -0.05) is 29.8 Å². The zero-order valence-electron chi connectivity index (χ0n) is 16.2. The van der Waals surface area contributed by atoms with Gasteiger partial charge in [0, 0.05) is 5.92 Å². The van der Waals surface area contributed by atoms with E-state index in [2.05, 4.69) is 29.8 Å². The molecule has 0 aromatic carbocycles. The van der Waals surface area contributed by atoms with E-state index in [1.807, 2.05) is 6.92 Å². The topological polar surface area (TPSA) is 37.3 Å². The van der Waals surface area contributed by atoms with Crippen LogP contribution in [0, 0.1) is 40.4 Å². The van der Waals surface area contributed by atoms with Gasteiger partial charge in [0.25, 0.3) is 0 Å². The molecule has 0 radical (unpaired) electrons. The Hall–Kier alpha value is 0.110. The molecule has 0 aliphatic heterocycles. The van der Waals surface area contributed by atoms with E-state index >= 15 is 0 Å². The van der Waals surface area contributed by atoms with Gasteiger partial charge in [0.15, 0.2) is 0 Å². The van der Waals surface area contributed by atoms with E-state index in [-0.39, 0.29) is 11.3 Å². The van der Waals surface area contributed by atoms with Gasteiger partial charge in [-0.3, -0.25) is 4.79 Å². The number of fused-ring (bicyclic) bond motifs is 5. The Balaban J connectivity index is 1.59. The maximum atomic E-state index is 12.5. The molecule has 2 nitrogen and oxygen atoms in total. The molecule has 0 saturated heterocycles. The summed E-state index contributed by atoms with van der Waals surface area (Å²) in [5, 5.41) is 11.1. The summed E-state index contributed by atoms with van der Waals surface area (Å²) >= 11 is 3.43. The van der Waals surface area contributed by atoms with Gasteiger partial charge < -0.3 is 5.11 Å². The largest absolute Gasteiger partial charge is 0.390 e. The second kappa shape index (κ2) is 6.06. The number of ketones is 1. The second-order valence-corrected chi connectivity index (χ2v) is 11.2. The number of hydrogen-bond acceptors (Lipinski definition) is 2. The van der Waals surface area contributed by atoms with Crippen LogP contribution in [-0.2, 0) is 4.79 Å². The van der Waals surface area contributed by atoms with Crippen molar-refractivity contribution >= 4 is 21.7 Å². The normalized spacial score (nSPS) is 55.2. The van der Waals surface area contributed by atoms with E-state index in [0.29, 0.717) is 22.4 Å². The summed E-state index contributed by atoms with van der Waals surface area (Å²) in [7, 11) is 0. The quantitative estimate of drug-likeness (QED) is 0.621. The molecule has 4 aliphatic rings. The first kappa shape index (κ1) is 18.5. The van der Waals surface area contributed by atoms with Crippen molar-refractivity contribution in [2.75, 3.05) is 5.33 Å². The maximum Gasteiger partial charge on any atom is 0.147 e. The molecule has 0 spiro atoms. The number of halogens is 1. The molecule has 2 unspecified atom stereocenters. The number of carbonyl (C=O) groups is 1. The highest BCUT2D eigenvalue weighted by Gasteiger charge is 2.61. The third-order valence-corrected chi connectivity index (χ3v) is 10.0. The van der Waals surface area contributed by atoms with Gasteiger partial charge in [0.2, 0.25) is 0 Å². The van der Waals surface area contributed by atoms with Crippen LogP contribution in [0.4, 0.5) is 0 Å². The Labute approximate surface area is 161 Å². The molecule has 1 N–H and O–H groups in total. The molecular weight excluding hydrogens is 376 g/mol. The van der Waals surface area contributed by atoms with Crippen LogP contribution in [-0.4, -0.2) is 21.8 Å². The first-order valence-corrected chi connectivity index (χ1v) is 11.6. The molecule has 8 atom stereocenters. The second-order valence-electron chi connectivity index (χ2n) is 10.6. The van der Waals surface area contributed by atoms with E-state index in [9.17, 15) is 9.90 Å². The summed E-state index contributed by atoms with van der Waals surface area (Å²) in [6, 6.07) is 0. The summed E-state index contributed by atoms with van der Waals surface area (Å²) in [6.45, 7) is 7.03. The Bertz CT molecular complexity index is 558. The number of rotatable bonds is 2. The van der Waals surface area contributed by atoms with Crippen molar-refractivity contribution in [1.29, 1.82) is 0 Å². The first-order valence-electron chi connectivity index (χ1n) is 10.5. The molecule has 0 heterocycles. The highest BCUT2D eigenvalue weighted by Crippen LogP contribution is 2.68. The summed E-state index contributed by atoms with van der Waals surface area (Å²) in [5.74, 6) is 3.81. The molecule has 0 aromatic rings. The highest BCUT2D eigenvalue weighted by molar-refractivity contribution is 9.09. The molecular formula is C22H35BrO2. The zero-order chi connectivity index (χ0) is 18.0. The molecule has 4 fully saturated rings. The molecule has 4 aliphatic carbocycles. The van der Waals surface area contributed by atoms with Crippen molar-refractivity contribution in [2.45, 2.75) is 84.2 Å². The maximum absolute atomic E-state index is 12.5. The average molecular weight is 411 g/mol. The lowest BCUT2D eigenvalue weighted by Crippen LogP contribution is -2.55. The molecule has 3 heteroatoms. The summed E-state index contributed by atoms with van der Waals surface area (Å²) in [5.41, 5.74) is 0.223. The van der Waals surface area contributed by atoms with Gasteiger partial charge in [0.05, 0.1) is 10.9 Å². The van der Waals surface area contributed by atoms with Crippen LogP contribution in [0.5, 0.6) is 0 Å². The number of alkyl halides is 1. The SMILES string of the molecule is CC1(O)CC[C@@]2(C)C(CC[C@H]3[C@@H]4CC[C@H](C(=O)CBr)[C@@]4(C)CC[C@@H]32)C1. The third kappa shape index (κ3) is 2.70. The number of hydrogen-bond donors (Lipinski definition) is 1. The lowest BCUT2D eigenvalue weighted by Gasteiger charge is -2.61. The van der Waals surface area contributed by atoms with E-state index < -0.39 is 5.60 Å². The van der Waals surface area contributed by atoms with Crippen LogP contribution in [0.3, 0.4) is 0 Å². The fraction of sp³-hybridized carbons (Fsp3) is 0.955. The average Bonchev–Trinajstić information content (AvgIpc) is 2.92. The molecule has 0 amide bonds. The smallest absolute Gasteiger partial charge is 0.147 e. The van der Waals surface area contributed by atoms with Crippen molar-refractivity contribution in [2.24, 2.45) is 40.4 Å². The van der Waals surface area contributed by atoms with Gasteiger partial charge in [0.1, 0.15) is 5.78 Å². The van der Waals surface area contributed by atoms with Crippen LogP contribution in [0.2, 0.25) is 0 Å². The van der Waals surface area contributed by atoms with E-state index in [1.165, 1.54) is 38.5 Å². The van der Waals surface area contributed by atoms with Crippen LogP contribution < -0.4 is 0 Å². The number of aliphatic hydroxyl groups is 1. The zero-order valence-corrected chi connectivity index (χ0v) is 17.8. The Kier molecular flexibility index (Phi) is 4.47. The lowest BCUT2D eigenvalue weighted by molar-refractivity contribution is -0.150. The van der Waals surface area contributed by atoms with Gasteiger partial charge in [-0.15, -0.1) is 0 Å². The van der Waals surface area contributed by atoms with Crippen LogP contribution in [0.25, 0.3) is 0 Å². The number of carbonyl (C=O) groups excluding carboxylic acids is 1. The fourth-order valence-electron chi connectivity index (χ4n) is 8.05. The van der Waals surface area contributed by atoms with Crippen molar-refractivity contribution in [1.82, 2.24) is 0 Å². The van der Waals surface area contributed by atoms with Crippen LogP contribution >= 0.6 is 15.9 Å². The standard InChI is InChI=1S/C22H35BrO2/c1-20(25)10-11-21(2)14(12-20)4-5-15-16-6-7-18(19(24)13-23)22(16,3)9-8-17(15)21/h14-18,25H,4-13H2,1-3H3/t14?,15-,16-,17-,18+,20?,21-,22-/m0/s1. The van der Waals surface area contributed by atoms with Crippen LogP contribution in [0.15, 0.2) is 0 Å². The van der Waals surface area contributed by atoms with Crippen molar-refractivity contribution in [3.63, 3.8) is 0 Å². The van der Waals surface area contributed by atoms with Gasteiger partial charge in [-0.25, -0.2) is 0 Å². The van der Waals surface area contributed by atoms with E-state index in [0.717, 1.165) is 37.0 Å². The van der Waals surface area contributed by atoms with Gasteiger partial charge >= 0.3 is 0 Å². The predicted molar refractivity (Wildman–Crippen MR) is 105 cm³/mol. The lowest BCUT2D eigenvalue weighted by atomic mass is 9.44. The highest BCUT2D eigenvalue weighted by atomic mass is 79.9. The van der Waals surface area contributed by atoms with Crippen LogP contribution in [0.1, 0.15) is 78.6 Å². The molecule has 4 saturated carbocycles. The summed E-state index contributed by atoms with van der Waals surface area (Å²) < 4.78 is 0. The summed E-state index contributed by atoms with van der Waals surface area (Å²) in [6.07, 6.45) is 10.7. The minimum atomic E-state index is -0.444. The van der Waals surface area contributed by atoms with Crippen molar-refractivity contribution in [3.8, 4) is 0 Å². The summed E-state index contributed by atoms with van der Waals surface area (Å²) in [4.78, 5) is 12.5. The molecule has 142 valence electrons. The fourth-order valence-corrected chi connectivity index (χ4v) is 8.44. The molecule has 25 heavy (non-hydrogen) atoms. The number of Topliss-reactive ketones (excluding diaryl/α,β-unsaturated/α-hetero) is 1. The first-order chi connectivity index (χ1) is 11.7. The van der Waals surface area contributed by atoms with E-state index in [4.69, 9.17) is 0 Å². The van der Waals surface area contributed by atoms with E-state index in [1.54, 1.807) is 0 Å². The monoisotopic (exact) mass is 410 g/mol. The Morgan fingerprint density at radius 3 is 2.40 bits per heavy atom. The Morgan fingerprint density at radius 1 is 0.960 bits per heavy atom. The third-order valence-electron chi connectivity index (χ3n) is 9.47. The van der Waals surface area contributed by atoms with Gasteiger partial charge in [-0.05, 0) is 99.2 Å². The predicted octanol–water partition coefficient (Wildman–Crippen LogP) is 5.36. The molecule has 0 bridgehead atoms. The minimum Gasteiger partial charge on any atom is -0.390 e. The van der Waals surface area contributed by atoms with Gasteiger partial charge in [-0.2, -0.15) is 0 Å². The van der Waals surface area contributed by atoms with Crippen molar-refractivity contribution in [3.05, 3.63) is 0 Å². The molecule has 4 rings (SSSR count). The molecule has 0 aromatic heterocycles. The Morgan fingerprint density at radius 2 is 1.68 bits per heavy atom. The minimum absolute atomic E-state index is 0.245. The van der Waals surface area contributed by atoms with Crippen molar-refractivity contribution < 1.29 is 9.90 Å².